The van der Waals surface area contributed by atoms with Crippen LogP contribution in [0.3, 0.4) is 0 Å². The average molecular weight is 305 g/mol. The second-order valence-corrected chi connectivity index (χ2v) is 6.17. The highest BCUT2D eigenvalue weighted by Crippen LogP contribution is 2.30. The predicted octanol–water partition coefficient (Wildman–Crippen LogP) is 2.88. The number of nitro groups is 1. The van der Waals surface area contributed by atoms with Gasteiger partial charge in [-0.2, -0.15) is 0 Å². The number of nitro benzene ring substituents is 1. The van der Waals surface area contributed by atoms with Gasteiger partial charge in [-0.05, 0) is 56.8 Å². The molecule has 1 N–H and O–H groups in total. The van der Waals surface area contributed by atoms with Crippen LogP contribution in [0.2, 0.25) is 0 Å². The van der Waals surface area contributed by atoms with E-state index < -0.39 is 4.92 Å². The number of aryl methyl sites for hydroxylation is 1. The van der Waals surface area contributed by atoms with E-state index in [1.54, 1.807) is 13.0 Å². The van der Waals surface area contributed by atoms with Crippen molar-refractivity contribution in [3.8, 4) is 0 Å². The average Bonchev–Trinajstić information content (AvgIpc) is 2.46. The van der Waals surface area contributed by atoms with Crippen molar-refractivity contribution in [2.24, 2.45) is 5.92 Å². The maximum absolute atomic E-state index is 12.2. The summed E-state index contributed by atoms with van der Waals surface area (Å²) in [7, 11) is 0. The Kier molecular flexibility index (Phi) is 5.13. The topological polar surface area (TPSA) is 75.5 Å². The van der Waals surface area contributed by atoms with Crippen LogP contribution >= 0.6 is 0 Å². The van der Waals surface area contributed by atoms with Gasteiger partial charge in [0.15, 0.2) is 0 Å². The zero-order valence-electron chi connectivity index (χ0n) is 13.4. The largest absolute Gasteiger partial charge is 0.319 e. The van der Waals surface area contributed by atoms with Crippen LogP contribution in [0.25, 0.3) is 0 Å². The van der Waals surface area contributed by atoms with Crippen LogP contribution in [0.4, 0.5) is 11.4 Å². The van der Waals surface area contributed by atoms with E-state index in [1.807, 2.05) is 6.92 Å². The van der Waals surface area contributed by atoms with Gasteiger partial charge in [0, 0.05) is 6.07 Å². The fourth-order valence-electron chi connectivity index (χ4n) is 2.71. The summed E-state index contributed by atoms with van der Waals surface area (Å²) in [6.07, 6.45) is 2.19. The first-order valence-electron chi connectivity index (χ1n) is 7.65. The smallest absolute Gasteiger partial charge is 0.293 e. The number of hydrogen-bond donors (Lipinski definition) is 1. The van der Waals surface area contributed by atoms with Crippen LogP contribution in [0, 0.1) is 29.9 Å². The van der Waals surface area contributed by atoms with Crippen LogP contribution in [0.5, 0.6) is 0 Å². The van der Waals surface area contributed by atoms with E-state index in [1.165, 1.54) is 6.07 Å². The summed E-state index contributed by atoms with van der Waals surface area (Å²) in [5.41, 5.74) is 1.94. The van der Waals surface area contributed by atoms with Gasteiger partial charge in [-0.1, -0.05) is 13.0 Å². The summed E-state index contributed by atoms with van der Waals surface area (Å²) >= 11 is 0. The minimum absolute atomic E-state index is 0.0521. The number of amides is 1. The molecule has 1 saturated heterocycles. The number of carbonyl (C=O) groups is 1. The lowest BCUT2D eigenvalue weighted by Crippen LogP contribution is -2.38. The number of anilines is 1. The molecule has 0 unspecified atom stereocenters. The Bertz CT molecular complexity index is 578. The minimum Gasteiger partial charge on any atom is -0.319 e. The van der Waals surface area contributed by atoms with Gasteiger partial charge in [0.2, 0.25) is 5.91 Å². The number of likely N-dealkylation sites (tertiary alicyclic amines) is 1. The number of benzene rings is 1. The molecule has 2 rings (SSSR count). The number of nitrogens with one attached hydrogen (secondary N) is 1. The Morgan fingerprint density at radius 2 is 2.00 bits per heavy atom. The van der Waals surface area contributed by atoms with Gasteiger partial charge in [0.25, 0.3) is 5.69 Å². The van der Waals surface area contributed by atoms with Gasteiger partial charge in [-0.25, -0.2) is 0 Å². The molecule has 0 aliphatic carbocycles. The summed E-state index contributed by atoms with van der Waals surface area (Å²) in [4.78, 5) is 25.0. The minimum atomic E-state index is -0.454. The van der Waals surface area contributed by atoms with Crippen molar-refractivity contribution in [1.82, 2.24) is 4.90 Å². The molecule has 6 nitrogen and oxygen atoms in total. The number of rotatable bonds is 4. The monoisotopic (exact) mass is 305 g/mol. The SMILES string of the molecule is Cc1ccc([N+](=O)[O-])c(NC(=O)CN2CCC(C)CC2)c1C. The first-order valence-corrected chi connectivity index (χ1v) is 7.65. The van der Waals surface area contributed by atoms with Gasteiger partial charge in [0.05, 0.1) is 11.5 Å². The highest BCUT2D eigenvalue weighted by molar-refractivity contribution is 5.95. The Balaban J connectivity index is 2.08. The third-order valence-electron chi connectivity index (χ3n) is 4.42. The van der Waals surface area contributed by atoms with Crippen molar-refractivity contribution in [3.05, 3.63) is 33.4 Å². The van der Waals surface area contributed by atoms with E-state index >= 15 is 0 Å². The number of hydrogen-bond acceptors (Lipinski definition) is 4. The van der Waals surface area contributed by atoms with Crippen LogP contribution < -0.4 is 5.32 Å². The lowest BCUT2D eigenvalue weighted by atomic mass is 9.99. The van der Waals surface area contributed by atoms with E-state index in [9.17, 15) is 14.9 Å². The normalized spacial score (nSPS) is 16.5. The quantitative estimate of drug-likeness (QED) is 0.685. The van der Waals surface area contributed by atoms with Crippen molar-refractivity contribution in [3.63, 3.8) is 0 Å². The first kappa shape index (κ1) is 16.4. The van der Waals surface area contributed by atoms with Gasteiger partial charge in [-0.3, -0.25) is 19.8 Å². The molecule has 0 atom stereocenters. The van der Waals surface area contributed by atoms with Crippen LogP contribution in [0.15, 0.2) is 12.1 Å². The molecule has 0 spiro atoms. The lowest BCUT2D eigenvalue weighted by Gasteiger charge is -2.29. The Labute approximate surface area is 130 Å². The summed E-state index contributed by atoms with van der Waals surface area (Å²) in [5.74, 6) is 0.519. The van der Waals surface area contributed by atoms with Crippen molar-refractivity contribution in [1.29, 1.82) is 0 Å². The van der Waals surface area contributed by atoms with E-state index in [2.05, 4.69) is 17.1 Å². The van der Waals surface area contributed by atoms with Crippen molar-refractivity contribution >= 4 is 17.3 Å². The fourth-order valence-corrected chi connectivity index (χ4v) is 2.71. The zero-order chi connectivity index (χ0) is 16.3. The van der Waals surface area contributed by atoms with Crippen LogP contribution in [-0.2, 0) is 4.79 Å². The Hall–Kier alpha value is -1.95. The molecule has 0 bridgehead atoms. The second kappa shape index (κ2) is 6.87. The zero-order valence-corrected chi connectivity index (χ0v) is 13.4. The predicted molar refractivity (Wildman–Crippen MR) is 86.0 cm³/mol. The molecule has 120 valence electrons. The fraction of sp³-hybridized carbons (Fsp3) is 0.562. The highest BCUT2D eigenvalue weighted by Gasteiger charge is 2.22. The molecular weight excluding hydrogens is 282 g/mol. The van der Waals surface area contributed by atoms with Crippen LogP contribution in [0.1, 0.15) is 30.9 Å². The molecule has 0 radical (unpaired) electrons. The molecule has 1 fully saturated rings. The number of carbonyl (C=O) groups excluding carboxylic acids is 1. The van der Waals surface area contributed by atoms with Gasteiger partial charge in [-0.15, -0.1) is 0 Å². The van der Waals surface area contributed by atoms with Crippen molar-refractivity contribution in [2.75, 3.05) is 25.0 Å². The van der Waals surface area contributed by atoms with Gasteiger partial charge < -0.3 is 5.32 Å². The van der Waals surface area contributed by atoms with Crippen LogP contribution in [-0.4, -0.2) is 35.4 Å². The summed E-state index contributed by atoms with van der Waals surface area (Å²) in [5, 5.41) is 13.9. The molecular formula is C16H23N3O3. The molecule has 1 aromatic carbocycles. The van der Waals surface area contributed by atoms with Crippen molar-refractivity contribution in [2.45, 2.75) is 33.6 Å². The molecule has 22 heavy (non-hydrogen) atoms. The lowest BCUT2D eigenvalue weighted by molar-refractivity contribution is -0.384. The molecule has 1 aromatic rings. The molecule has 0 saturated carbocycles. The van der Waals surface area contributed by atoms with Gasteiger partial charge in [0.1, 0.15) is 5.69 Å². The maximum atomic E-state index is 12.2. The standard InChI is InChI=1S/C16H23N3O3/c1-11-6-8-18(9-7-11)10-15(20)17-16-13(3)12(2)4-5-14(16)19(21)22/h4-5,11H,6-10H2,1-3H3,(H,17,20). The third-order valence-corrected chi connectivity index (χ3v) is 4.42. The molecule has 1 heterocycles. The second-order valence-electron chi connectivity index (χ2n) is 6.17. The summed E-state index contributed by atoms with van der Waals surface area (Å²) in [6.45, 7) is 7.99. The Morgan fingerprint density at radius 1 is 1.36 bits per heavy atom. The number of nitrogens with zero attached hydrogens (tertiary/aromatic N) is 2. The summed E-state index contributed by atoms with van der Waals surface area (Å²) in [6, 6.07) is 3.15. The Morgan fingerprint density at radius 3 is 2.59 bits per heavy atom. The molecule has 1 aliphatic rings. The van der Waals surface area contributed by atoms with E-state index in [-0.39, 0.29) is 18.1 Å². The number of piperidine rings is 1. The first-order chi connectivity index (χ1) is 10.4. The van der Waals surface area contributed by atoms with E-state index in [0.717, 1.165) is 37.1 Å². The van der Waals surface area contributed by atoms with E-state index in [0.29, 0.717) is 11.6 Å². The summed E-state index contributed by atoms with van der Waals surface area (Å²) < 4.78 is 0. The van der Waals surface area contributed by atoms with Gasteiger partial charge >= 0.3 is 0 Å². The maximum Gasteiger partial charge on any atom is 0.293 e. The van der Waals surface area contributed by atoms with Crippen molar-refractivity contribution < 1.29 is 9.72 Å². The highest BCUT2D eigenvalue weighted by atomic mass is 16.6. The van der Waals surface area contributed by atoms with E-state index in [4.69, 9.17) is 0 Å². The molecule has 1 aliphatic heterocycles. The molecule has 1 amide bonds. The molecule has 0 aromatic heterocycles. The third kappa shape index (κ3) is 3.82. The molecule has 6 heteroatoms.